The average Bonchev–Trinajstić information content (AvgIpc) is 2.91. The second-order valence-electron chi connectivity index (χ2n) is 4.21. The SMILES string of the molecule is Oc1cc(Cl)ccc1-c1nc(-c2ccc(F)c(Cl)c2)no1. The lowest BCUT2D eigenvalue weighted by atomic mass is 10.2. The zero-order chi connectivity index (χ0) is 15.0. The smallest absolute Gasteiger partial charge is 0.261 e. The minimum atomic E-state index is -0.528. The minimum Gasteiger partial charge on any atom is -0.507 e. The van der Waals surface area contributed by atoms with Gasteiger partial charge in [-0.1, -0.05) is 28.4 Å². The molecule has 0 aliphatic rings. The molecule has 7 heteroatoms. The van der Waals surface area contributed by atoms with E-state index in [1.807, 2.05) is 0 Å². The first kappa shape index (κ1) is 13.9. The van der Waals surface area contributed by atoms with Crippen LogP contribution >= 0.6 is 23.2 Å². The maximum atomic E-state index is 13.1. The summed E-state index contributed by atoms with van der Waals surface area (Å²) in [7, 11) is 0. The summed E-state index contributed by atoms with van der Waals surface area (Å²) in [4.78, 5) is 4.15. The maximum Gasteiger partial charge on any atom is 0.261 e. The predicted molar refractivity (Wildman–Crippen MR) is 76.8 cm³/mol. The Hall–Kier alpha value is -2.11. The van der Waals surface area contributed by atoms with Crippen LogP contribution < -0.4 is 0 Å². The van der Waals surface area contributed by atoms with Crippen LogP contribution in [0, 0.1) is 5.82 Å². The quantitative estimate of drug-likeness (QED) is 0.751. The fourth-order valence-electron chi connectivity index (χ4n) is 1.77. The van der Waals surface area contributed by atoms with Crippen LogP contribution in [0.1, 0.15) is 0 Å². The molecule has 0 spiro atoms. The Kier molecular flexibility index (Phi) is 3.53. The summed E-state index contributed by atoms with van der Waals surface area (Å²) in [6.45, 7) is 0. The molecule has 0 amide bonds. The van der Waals surface area contributed by atoms with Gasteiger partial charge < -0.3 is 9.63 Å². The third kappa shape index (κ3) is 2.70. The van der Waals surface area contributed by atoms with Gasteiger partial charge in [-0.3, -0.25) is 0 Å². The number of rotatable bonds is 2. The number of halogens is 3. The van der Waals surface area contributed by atoms with E-state index in [1.165, 1.54) is 24.3 Å². The molecule has 0 unspecified atom stereocenters. The van der Waals surface area contributed by atoms with Crippen molar-refractivity contribution < 1.29 is 14.0 Å². The van der Waals surface area contributed by atoms with E-state index in [9.17, 15) is 9.50 Å². The Morgan fingerprint density at radius 1 is 1.10 bits per heavy atom. The molecule has 3 aromatic rings. The molecule has 0 bridgehead atoms. The van der Waals surface area contributed by atoms with Crippen LogP contribution in [0.15, 0.2) is 40.9 Å². The summed E-state index contributed by atoms with van der Waals surface area (Å²) in [6, 6.07) is 8.62. The van der Waals surface area contributed by atoms with Crippen molar-refractivity contribution in [3.63, 3.8) is 0 Å². The van der Waals surface area contributed by atoms with Crippen molar-refractivity contribution in [3.05, 3.63) is 52.3 Å². The number of aromatic nitrogens is 2. The predicted octanol–water partition coefficient (Wildman–Crippen LogP) is 4.56. The van der Waals surface area contributed by atoms with E-state index in [1.54, 1.807) is 12.1 Å². The van der Waals surface area contributed by atoms with Crippen molar-refractivity contribution in [3.8, 4) is 28.6 Å². The van der Waals surface area contributed by atoms with Crippen LogP contribution in [0.25, 0.3) is 22.8 Å². The number of aromatic hydroxyl groups is 1. The van der Waals surface area contributed by atoms with Crippen LogP contribution in [0.2, 0.25) is 10.0 Å². The highest BCUT2D eigenvalue weighted by atomic mass is 35.5. The molecule has 1 aromatic heterocycles. The third-order valence-electron chi connectivity index (χ3n) is 2.79. The van der Waals surface area contributed by atoms with Crippen LogP contribution in [0.4, 0.5) is 4.39 Å². The summed E-state index contributed by atoms with van der Waals surface area (Å²) in [5, 5.41) is 14.0. The van der Waals surface area contributed by atoms with E-state index >= 15 is 0 Å². The first-order chi connectivity index (χ1) is 10.0. The lowest BCUT2D eigenvalue weighted by molar-refractivity contribution is 0.425. The van der Waals surface area contributed by atoms with Crippen LogP contribution in [-0.4, -0.2) is 15.2 Å². The van der Waals surface area contributed by atoms with Crippen molar-refractivity contribution in [2.45, 2.75) is 0 Å². The van der Waals surface area contributed by atoms with Gasteiger partial charge in [0, 0.05) is 10.6 Å². The highest BCUT2D eigenvalue weighted by Gasteiger charge is 2.15. The average molecular weight is 325 g/mol. The van der Waals surface area contributed by atoms with Crippen molar-refractivity contribution in [2.75, 3.05) is 0 Å². The van der Waals surface area contributed by atoms with Gasteiger partial charge in [-0.05, 0) is 36.4 Å². The minimum absolute atomic E-state index is 0.0341. The van der Waals surface area contributed by atoms with E-state index in [-0.39, 0.29) is 22.5 Å². The zero-order valence-corrected chi connectivity index (χ0v) is 11.9. The third-order valence-corrected chi connectivity index (χ3v) is 3.32. The van der Waals surface area contributed by atoms with E-state index in [2.05, 4.69) is 10.1 Å². The first-order valence-corrected chi connectivity index (χ1v) is 6.58. The molecular weight excluding hydrogens is 318 g/mol. The number of hydrogen-bond donors (Lipinski definition) is 1. The molecule has 3 rings (SSSR count). The van der Waals surface area contributed by atoms with E-state index in [0.29, 0.717) is 16.1 Å². The van der Waals surface area contributed by atoms with Gasteiger partial charge >= 0.3 is 0 Å². The molecule has 0 fully saturated rings. The first-order valence-electron chi connectivity index (χ1n) is 5.82. The van der Waals surface area contributed by atoms with Crippen LogP contribution in [0.5, 0.6) is 5.75 Å². The zero-order valence-electron chi connectivity index (χ0n) is 10.3. The molecule has 21 heavy (non-hydrogen) atoms. The lowest BCUT2D eigenvalue weighted by Crippen LogP contribution is -1.84. The molecule has 0 aliphatic carbocycles. The Morgan fingerprint density at radius 2 is 1.90 bits per heavy atom. The van der Waals surface area contributed by atoms with Crippen LogP contribution in [0.3, 0.4) is 0 Å². The van der Waals surface area contributed by atoms with Gasteiger partial charge in [0.25, 0.3) is 5.89 Å². The number of benzene rings is 2. The molecule has 1 N–H and O–H groups in total. The molecule has 0 saturated heterocycles. The monoisotopic (exact) mass is 324 g/mol. The molecule has 0 saturated carbocycles. The normalized spacial score (nSPS) is 10.8. The molecular formula is C14H7Cl2FN2O2. The lowest BCUT2D eigenvalue weighted by Gasteiger charge is -1.99. The van der Waals surface area contributed by atoms with Gasteiger partial charge in [-0.15, -0.1) is 0 Å². The molecule has 0 radical (unpaired) electrons. The molecule has 2 aromatic carbocycles. The van der Waals surface area contributed by atoms with E-state index in [4.69, 9.17) is 27.7 Å². The molecule has 4 nitrogen and oxygen atoms in total. The van der Waals surface area contributed by atoms with E-state index < -0.39 is 5.82 Å². The Bertz CT molecular complexity index is 820. The van der Waals surface area contributed by atoms with Crippen molar-refractivity contribution in [1.82, 2.24) is 10.1 Å². The van der Waals surface area contributed by atoms with Crippen molar-refractivity contribution >= 4 is 23.2 Å². The number of hydrogen-bond acceptors (Lipinski definition) is 4. The number of nitrogens with zero attached hydrogens (tertiary/aromatic N) is 2. The maximum absolute atomic E-state index is 13.1. The number of phenols is 1. The van der Waals surface area contributed by atoms with Gasteiger partial charge in [-0.25, -0.2) is 4.39 Å². The van der Waals surface area contributed by atoms with Gasteiger partial charge in [0.15, 0.2) is 0 Å². The van der Waals surface area contributed by atoms with Gasteiger partial charge in [0.1, 0.15) is 11.6 Å². The summed E-state index contributed by atoms with van der Waals surface area (Å²) in [6.07, 6.45) is 0. The second-order valence-corrected chi connectivity index (χ2v) is 5.06. The number of phenolic OH excluding ortho intramolecular Hbond substituents is 1. The second kappa shape index (κ2) is 5.35. The Labute approximate surface area is 128 Å². The molecule has 0 atom stereocenters. The fourth-order valence-corrected chi connectivity index (χ4v) is 2.12. The highest BCUT2D eigenvalue weighted by molar-refractivity contribution is 6.31. The van der Waals surface area contributed by atoms with E-state index in [0.717, 1.165) is 0 Å². The fraction of sp³-hybridized carbons (Fsp3) is 0. The van der Waals surface area contributed by atoms with Crippen molar-refractivity contribution in [2.24, 2.45) is 0 Å². The van der Waals surface area contributed by atoms with Crippen LogP contribution in [-0.2, 0) is 0 Å². The molecule has 106 valence electrons. The van der Waals surface area contributed by atoms with Gasteiger partial charge in [0.2, 0.25) is 5.82 Å². The summed E-state index contributed by atoms with van der Waals surface area (Å²) in [5.41, 5.74) is 0.858. The molecule has 1 heterocycles. The Balaban J connectivity index is 2.01. The summed E-state index contributed by atoms with van der Waals surface area (Å²) >= 11 is 11.5. The van der Waals surface area contributed by atoms with Gasteiger partial charge in [0.05, 0.1) is 10.6 Å². The molecule has 0 aliphatic heterocycles. The Morgan fingerprint density at radius 3 is 2.62 bits per heavy atom. The van der Waals surface area contributed by atoms with Crippen molar-refractivity contribution in [1.29, 1.82) is 0 Å². The van der Waals surface area contributed by atoms with Gasteiger partial charge in [-0.2, -0.15) is 4.98 Å². The highest BCUT2D eigenvalue weighted by Crippen LogP contribution is 2.32. The topological polar surface area (TPSA) is 59.2 Å². The largest absolute Gasteiger partial charge is 0.507 e. The summed E-state index contributed by atoms with van der Waals surface area (Å²) < 4.78 is 18.2. The standard InChI is InChI=1S/C14H7Cl2FN2O2/c15-8-2-3-9(12(20)6-8)14-18-13(19-21-14)7-1-4-11(17)10(16)5-7/h1-6,20H. The summed E-state index contributed by atoms with van der Waals surface area (Å²) in [5.74, 6) is -0.241.